The van der Waals surface area contributed by atoms with E-state index in [2.05, 4.69) is 33.0 Å². The number of ether oxygens (including phenoxy) is 2. The van der Waals surface area contributed by atoms with Gasteiger partial charge in [0.2, 0.25) is 0 Å². The number of aliphatic hydroxyl groups is 1. The molecule has 152 valence electrons. The molecule has 0 aliphatic carbocycles. The van der Waals surface area contributed by atoms with E-state index in [9.17, 15) is 5.11 Å². The Morgan fingerprint density at radius 2 is 1.89 bits per heavy atom. The fourth-order valence-corrected chi connectivity index (χ4v) is 3.95. The molecule has 1 aromatic heterocycles. The molecule has 3 rings (SSSR count). The van der Waals surface area contributed by atoms with E-state index < -0.39 is 0 Å². The Morgan fingerprint density at radius 1 is 1.07 bits per heavy atom. The van der Waals surface area contributed by atoms with E-state index >= 15 is 0 Å². The lowest BCUT2D eigenvalue weighted by atomic mass is 10.1. The summed E-state index contributed by atoms with van der Waals surface area (Å²) in [5, 5.41) is 9.58. The summed E-state index contributed by atoms with van der Waals surface area (Å²) in [5.74, 6) is 1.56. The number of nitrogens with zero attached hydrogens (tertiary/aromatic N) is 3. The molecule has 0 amide bonds. The maximum absolute atomic E-state index is 9.58. The van der Waals surface area contributed by atoms with Crippen molar-refractivity contribution in [3.8, 4) is 11.5 Å². The van der Waals surface area contributed by atoms with Crippen molar-refractivity contribution >= 4 is 0 Å². The number of aromatic nitrogens is 1. The van der Waals surface area contributed by atoms with Crippen LogP contribution in [0.1, 0.15) is 23.4 Å². The van der Waals surface area contributed by atoms with Gasteiger partial charge in [0, 0.05) is 56.6 Å². The summed E-state index contributed by atoms with van der Waals surface area (Å²) in [5.41, 5.74) is 3.25. The normalized spacial score (nSPS) is 18.2. The van der Waals surface area contributed by atoms with E-state index in [0.717, 1.165) is 67.6 Å². The van der Waals surface area contributed by atoms with Gasteiger partial charge in [-0.3, -0.25) is 14.8 Å². The molecule has 0 spiro atoms. The predicted octanol–water partition coefficient (Wildman–Crippen LogP) is 2.48. The Morgan fingerprint density at radius 3 is 2.61 bits per heavy atom. The lowest BCUT2D eigenvalue weighted by molar-refractivity contribution is 0.0487. The van der Waals surface area contributed by atoms with E-state index in [1.165, 1.54) is 0 Å². The third-order valence-corrected chi connectivity index (χ3v) is 5.34. The van der Waals surface area contributed by atoms with E-state index in [0.29, 0.717) is 6.04 Å². The third kappa shape index (κ3) is 5.01. The number of hydrogen-bond donors (Lipinski definition) is 1. The van der Waals surface area contributed by atoms with Gasteiger partial charge in [0.25, 0.3) is 0 Å². The standard InChI is InChI=1S/C22H31N3O3/c1-17-6-4-8-19(23-17)15-25-12-11-24(16-20(25)10-13-26)14-18-7-5-9-21(27-2)22(18)28-3/h4-9,20,26H,10-16H2,1-3H3/t20-/m0/s1. The number of hydrogen-bond acceptors (Lipinski definition) is 6. The number of piperazine rings is 1. The van der Waals surface area contributed by atoms with Gasteiger partial charge in [0.1, 0.15) is 0 Å². The molecular formula is C22H31N3O3. The van der Waals surface area contributed by atoms with Crippen LogP contribution in [0, 0.1) is 6.92 Å². The largest absolute Gasteiger partial charge is 0.493 e. The molecule has 28 heavy (non-hydrogen) atoms. The number of pyridine rings is 1. The SMILES string of the molecule is COc1cccc(CN2CCN(Cc3cccc(C)n3)[C@@H](CCO)C2)c1OC. The van der Waals surface area contributed by atoms with Gasteiger partial charge < -0.3 is 14.6 Å². The zero-order valence-corrected chi connectivity index (χ0v) is 17.1. The average Bonchev–Trinajstić information content (AvgIpc) is 2.70. The van der Waals surface area contributed by atoms with Crippen LogP contribution in [-0.2, 0) is 13.1 Å². The van der Waals surface area contributed by atoms with Gasteiger partial charge in [-0.25, -0.2) is 0 Å². The van der Waals surface area contributed by atoms with Crippen LogP contribution in [0.2, 0.25) is 0 Å². The molecule has 2 heterocycles. The van der Waals surface area contributed by atoms with Crippen LogP contribution in [0.25, 0.3) is 0 Å². The number of aliphatic hydroxyl groups excluding tert-OH is 1. The molecular weight excluding hydrogens is 354 g/mol. The lowest BCUT2D eigenvalue weighted by Gasteiger charge is -2.41. The van der Waals surface area contributed by atoms with Crippen LogP contribution in [-0.4, -0.2) is 66.4 Å². The highest BCUT2D eigenvalue weighted by Crippen LogP contribution is 2.32. The van der Waals surface area contributed by atoms with Gasteiger partial charge in [0.15, 0.2) is 11.5 Å². The number of aryl methyl sites for hydroxylation is 1. The summed E-state index contributed by atoms with van der Waals surface area (Å²) in [7, 11) is 3.35. The van der Waals surface area contributed by atoms with Crippen LogP contribution in [0.4, 0.5) is 0 Å². The molecule has 1 aliphatic heterocycles. The second-order valence-electron chi connectivity index (χ2n) is 7.29. The summed E-state index contributed by atoms with van der Waals surface area (Å²) < 4.78 is 11.0. The molecule has 1 N–H and O–H groups in total. The predicted molar refractivity (Wildman–Crippen MR) is 110 cm³/mol. The molecule has 1 fully saturated rings. The number of benzene rings is 1. The summed E-state index contributed by atoms with van der Waals surface area (Å²) in [6.45, 7) is 6.67. The maximum atomic E-state index is 9.58. The molecule has 1 atom stereocenters. The summed E-state index contributed by atoms with van der Waals surface area (Å²) in [4.78, 5) is 9.51. The zero-order valence-electron chi connectivity index (χ0n) is 17.1. The molecule has 1 aromatic carbocycles. The molecule has 1 saturated heterocycles. The van der Waals surface area contributed by atoms with Crippen molar-refractivity contribution in [2.24, 2.45) is 0 Å². The minimum atomic E-state index is 0.193. The van der Waals surface area contributed by atoms with Crippen molar-refractivity contribution in [2.45, 2.75) is 32.5 Å². The molecule has 6 nitrogen and oxygen atoms in total. The van der Waals surface area contributed by atoms with Gasteiger partial charge in [-0.15, -0.1) is 0 Å². The summed E-state index contributed by atoms with van der Waals surface area (Å²) in [6, 6.07) is 12.5. The molecule has 0 radical (unpaired) electrons. The van der Waals surface area contributed by atoms with Crippen molar-refractivity contribution in [1.82, 2.24) is 14.8 Å². The van der Waals surface area contributed by atoms with Gasteiger partial charge in [0.05, 0.1) is 19.9 Å². The lowest BCUT2D eigenvalue weighted by Crippen LogP contribution is -2.52. The first-order valence-corrected chi connectivity index (χ1v) is 9.84. The Balaban J connectivity index is 1.69. The van der Waals surface area contributed by atoms with E-state index in [1.54, 1.807) is 14.2 Å². The molecule has 1 aliphatic rings. The fourth-order valence-electron chi connectivity index (χ4n) is 3.95. The maximum Gasteiger partial charge on any atom is 0.165 e. The first-order valence-electron chi connectivity index (χ1n) is 9.84. The molecule has 0 unspecified atom stereocenters. The monoisotopic (exact) mass is 385 g/mol. The van der Waals surface area contributed by atoms with Crippen molar-refractivity contribution in [3.05, 3.63) is 53.3 Å². The topological polar surface area (TPSA) is 58.1 Å². The number of para-hydroxylation sites is 1. The molecule has 6 heteroatoms. The van der Waals surface area contributed by atoms with Gasteiger partial charge >= 0.3 is 0 Å². The van der Waals surface area contributed by atoms with Crippen molar-refractivity contribution in [3.63, 3.8) is 0 Å². The highest BCUT2D eigenvalue weighted by Gasteiger charge is 2.27. The molecule has 0 saturated carbocycles. The second-order valence-corrected chi connectivity index (χ2v) is 7.29. The number of methoxy groups -OCH3 is 2. The summed E-state index contributed by atoms with van der Waals surface area (Å²) >= 11 is 0. The Labute approximate surface area is 167 Å². The van der Waals surface area contributed by atoms with Crippen molar-refractivity contribution in [1.29, 1.82) is 0 Å². The summed E-state index contributed by atoms with van der Waals surface area (Å²) in [6.07, 6.45) is 0.761. The third-order valence-electron chi connectivity index (χ3n) is 5.34. The first kappa shape index (κ1) is 20.6. The first-order chi connectivity index (χ1) is 13.6. The molecule has 0 bridgehead atoms. The fraction of sp³-hybridized carbons (Fsp3) is 0.500. The Kier molecular flexibility index (Phi) is 7.25. The Bertz CT molecular complexity index is 768. The van der Waals surface area contributed by atoms with Gasteiger partial charge in [-0.05, 0) is 31.5 Å². The minimum Gasteiger partial charge on any atom is -0.493 e. The van der Waals surface area contributed by atoms with Crippen LogP contribution in [0.15, 0.2) is 36.4 Å². The quantitative estimate of drug-likeness (QED) is 0.753. The van der Waals surface area contributed by atoms with Gasteiger partial charge in [-0.1, -0.05) is 18.2 Å². The van der Waals surface area contributed by atoms with Crippen molar-refractivity contribution < 1.29 is 14.6 Å². The van der Waals surface area contributed by atoms with Gasteiger partial charge in [-0.2, -0.15) is 0 Å². The second kappa shape index (κ2) is 9.87. The van der Waals surface area contributed by atoms with Crippen molar-refractivity contribution in [2.75, 3.05) is 40.5 Å². The van der Waals surface area contributed by atoms with E-state index in [4.69, 9.17) is 9.47 Å². The number of rotatable bonds is 8. The smallest absolute Gasteiger partial charge is 0.165 e. The van der Waals surface area contributed by atoms with Crippen LogP contribution < -0.4 is 9.47 Å². The van der Waals surface area contributed by atoms with Crippen LogP contribution in [0.5, 0.6) is 11.5 Å². The highest BCUT2D eigenvalue weighted by atomic mass is 16.5. The minimum absolute atomic E-state index is 0.193. The van der Waals surface area contributed by atoms with Crippen LogP contribution >= 0.6 is 0 Å². The van der Waals surface area contributed by atoms with E-state index in [1.807, 2.05) is 25.1 Å². The van der Waals surface area contributed by atoms with E-state index in [-0.39, 0.29) is 6.61 Å². The highest BCUT2D eigenvalue weighted by molar-refractivity contribution is 5.46. The average molecular weight is 386 g/mol. The van der Waals surface area contributed by atoms with Crippen LogP contribution in [0.3, 0.4) is 0 Å². The zero-order chi connectivity index (χ0) is 19.9. The molecule has 2 aromatic rings. The Hall–Kier alpha value is -2.15.